The molecule has 0 amide bonds. The van der Waals surface area contributed by atoms with E-state index in [4.69, 9.17) is 34.8 Å². The van der Waals surface area contributed by atoms with Crippen molar-refractivity contribution in [1.82, 2.24) is 0 Å². The van der Waals surface area contributed by atoms with E-state index in [0.29, 0.717) is 12.2 Å². The van der Waals surface area contributed by atoms with Crippen LogP contribution in [0.2, 0.25) is 0 Å². The van der Waals surface area contributed by atoms with E-state index in [9.17, 15) is 105 Å². The van der Waals surface area contributed by atoms with Crippen LogP contribution in [0.1, 0.15) is 55.8 Å². The van der Waals surface area contributed by atoms with Gasteiger partial charge < -0.3 is 0 Å². The Morgan fingerprint density at radius 2 is 0.564 bits per heavy atom. The summed E-state index contributed by atoms with van der Waals surface area (Å²) in [5, 5.41) is 1.12. The average Bonchev–Trinajstić information content (AvgIpc) is 3.29. The van der Waals surface area contributed by atoms with Gasteiger partial charge in [-0.2, -0.15) is 132 Å². The summed E-state index contributed by atoms with van der Waals surface area (Å²) in [6.07, 6.45) is -54.8. The van der Waals surface area contributed by atoms with Crippen molar-refractivity contribution < 1.29 is 110 Å². The first-order chi connectivity index (χ1) is 35.3. The Kier molecular flexibility index (Phi) is 16.4. The maximum Gasteiger partial charge on any atom is 0.416 e. The second-order valence-electron chi connectivity index (χ2n) is 17.1. The van der Waals surface area contributed by atoms with E-state index >= 15 is 0 Å². The fourth-order valence-corrected chi connectivity index (χ4v) is 9.01. The molecular formula is C49H25BCl3F24N. The van der Waals surface area contributed by atoms with Gasteiger partial charge in [0.1, 0.15) is 6.15 Å². The molecule has 6 aromatic carbocycles. The number of aromatic nitrogens is 1. The molecule has 418 valence electrons. The number of rotatable bonds is 6. The zero-order valence-corrected chi connectivity index (χ0v) is 40.0. The first kappa shape index (κ1) is 61.2. The molecular weight excluding hydrogens is 1180 g/mol. The predicted octanol–water partition coefficient (Wildman–Crippen LogP) is 16.2. The van der Waals surface area contributed by atoms with Crippen molar-refractivity contribution in [2.24, 2.45) is 0 Å². The molecule has 1 aromatic heterocycles. The first-order valence-corrected chi connectivity index (χ1v) is 22.3. The number of para-hydroxylation sites is 1. The molecule has 7 rings (SSSR count). The van der Waals surface area contributed by atoms with Crippen LogP contribution in [-0.2, 0) is 59.7 Å². The summed E-state index contributed by atoms with van der Waals surface area (Å²) in [6, 6.07) is 13.3. The van der Waals surface area contributed by atoms with E-state index in [1.807, 2.05) is 48.5 Å². The summed E-state index contributed by atoms with van der Waals surface area (Å²) in [7, 11) is 0. The van der Waals surface area contributed by atoms with Crippen LogP contribution in [0.15, 0.2) is 140 Å². The monoisotopic (exact) mass is 1200 g/mol. The van der Waals surface area contributed by atoms with Crippen LogP contribution in [0.5, 0.6) is 0 Å². The molecule has 1 nitrogen and oxygen atoms in total. The summed E-state index contributed by atoms with van der Waals surface area (Å²) in [5.74, 6) is 0. The third-order valence-corrected chi connectivity index (χ3v) is 12.4. The van der Waals surface area contributed by atoms with Crippen LogP contribution in [-0.4, -0.2) is 6.15 Å². The molecule has 7 aromatic rings. The fourth-order valence-electron chi connectivity index (χ4n) is 8.52. The van der Waals surface area contributed by atoms with Gasteiger partial charge >= 0.3 is 49.4 Å². The largest absolute Gasteiger partial charge is 0.416 e. The zero-order chi connectivity index (χ0) is 58.8. The van der Waals surface area contributed by atoms with Gasteiger partial charge in [0, 0.05) is 23.1 Å². The van der Waals surface area contributed by atoms with Crippen molar-refractivity contribution in [1.29, 1.82) is 0 Å². The van der Waals surface area contributed by atoms with E-state index < -0.39 is 199 Å². The first-order valence-electron chi connectivity index (χ1n) is 21.2. The summed E-state index contributed by atoms with van der Waals surface area (Å²) in [4.78, 5) is 0. The van der Waals surface area contributed by atoms with Gasteiger partial charge in [-0.3, -0.25) is 0 Å². The Bertz CT molecular complexity index is 2870. The van der Waals surface area contributed by atoms with Crippen molar-refractivity contribution in [3.8, 4) is 0 Å². The highest BCUT2D eigenvalue weighted by molar-refractivity contribution is 7.20. The molecule has 0 aliphatic rings. The molecule has 0 aliphatic heterocycles. The highest BCUT2D eigenvalue weighted by Gasteiger charge is 2.47. The van der Waals surface area contributed by atoms with Crippen LogP contribution in [0.3, 0.4) is 0 Å². The van der Waals surface area contributed by atoms with Crippen molar-refractivity contribution in [3.63, 3.8) is 0 Å². The van der Waals surface area contributed by atoms with Crippen LogP contribution < -0.4 is 26.4 Å². The van der Waals surface area contributed by atoms with Gasteiger partial charge in [0.25, 0.3) is 3.79 Å². The molecule has 0 bridgehead atoms. The zero-order valence-electron chi connectivity index (χ0n) is 37.7. The van der Waals surface area contributed by atoms with E-state index in [-0.39, 0.29) is 0 Å². The number of benzene rings is 6. The van der Waals surface area contributed by atoms with Crippen molar-refractivity contribution in [2.75, 3.05) is 0 Å². The maximum atomic E-state index is 14.2. The number of pyridine rings is 1. The molecule has 78 heavy (non-hydrogen) atoms. The minimum atomic E-state index is -6.13. The molecule has 0 saturated carbocycles. The summed E-state index contributed by atoms with van der Waals surface area (Å²) < 4.78 is 341. The van der Waals surface area contributed by atoms with Gasteiger partial charge in [-0.05, 0) is 36.4 Å². The third kappa shape index (κ3) is 13.7. The van der Waals surface area contributed by atoms with Gasteiger partial charge in [0.05, 0.1) is 44.5 Å². The molecule has 0 fully saturated rings. The lowest BCUT2D eigenvalue weighted by Crippen LogP contribution is -2.75. The van der Waals surface area contributed by atoms with E-state index in [1.165, 1.54) is 0 Å². The molecule has 0 spiro atoms. The number of fused-ring (bicyclic) bond motifs is 1. The summed E-state index contributed by atoms with van der Waals surface area (Å²) >= 11 is 18.4. The smallest absolute Gasteiger partial charge is 0.194 e. The topological polar surface area (TPSA) is 3.88 Å². The van der Waals surface area contributed by atoms with E-state index in [0.717, 1.165) is 16.5 Å². The van der Waals surface area contributed by atoms with Crippen molar-refractivity contribution in [2.45, 2.75) is 59.7 Å². The van der Waals surface area contributed by atoms with Gasteiger partial charge in [0.2, 0.25) is 11.2 Å². The summed E-state index contributed by atoms with van der Waals surface area (Å²) in [5.41, 5.74) is -27.3. The maximum absolute atomic E-state index is 14.2. The highest BCUT2D eigenvalue weighted by atomic mass is 35.6. The quantitative estimate of drug-likeness (QED) is 0.0676. The average molecular weight is 1200 g/mol. The van der Waals surface area contributed by atoms with Crippen LogP contribution in [0.4, 0.5) is 105 Å². The lowest BCUT2D eigenvalue weighted by molar-refractivity contribution is -0.670. The molecule has 0 radical (unpaired) electrons. The van der Waals surface area contributed by atoms with Crippen LogP contribution in [0, 0.1) is 0 Å². The Morgan fingerprint density at radius 1 is 0.308 bits per heavy atom. The lowest BCUT2D eigenvalue weighted by Gasteiger charge is -2.46. The van der Waals surface area contributed by atoms with E-state index in [1.54, 1.807) is 0 Å². The molecule has 0 atom stereocenters. The number of alkyl halides is 27. The molecule has 29 heteroatoms. The third-order valence-electron chi connectivity index (χ3n) is 11.9. The number of halogens is 27. The Labute approximate surface area is 437 Å². The Balaban J connectivity index is 0.000000387. The van der Waals surface area contributed by atoms with Gasteiger partial charge in [-0.15, -0.1) is 0 Å². The van der Waals surface area contributed by atoms with Gasteiger partial charge in [0.15, 0.2) is 6.54 Å². The molecule has 0 aliphatic carbocycles. The highest BCUT2D eigenvalue weighted by Crippen LogP contribution is 2.42. The molecule has 0 unspecified atom stereocenters. The predicted molar refractivity (Wildman–Crippen MR) is 239 cm³/mol. The standard InChI is InChI=1S/C32H12BF24.C17H13Cl3N/c34-25(35,36)13-1-14(26(37,38)39)6-21(5-13)33(22-7-15(27(40,41)42)2-16(8-22)28(43,44)45,23-9-17(29(46,47)48)3-18(10-23)30(49,50)51)24-11-19(31(52,53)54)4-20(12-24)32(55,56)57;18-17(19,20)16-11-10-14-8-4-5-9-15(14)21(16)12-13-6-2-1-3-7-13/h1-12H;1-11H,12H2/q-1;+1. The minimum absolute atomic E-state index is 0.658. The molecule has 0 saturated heterocycles. The normalized spacial score (nSPS) is 13.6. The molecule has 1 heterocycles. The van der Waals surface area contributed by atoms with Gasteiger partial charge in [-0.1, -0.05) is 126 Å². The second-order valence-corrected chi connectivity index (χ2v) is 19.4. The van der Waals surface area contributed by atoms with Gasteiger partial charge in [-0.25, -0.2) is 0 Å². The van der Waals surface area contributed by atoms with Crippen LogP contribution >= 0.6 is 34.8 Å². The fraction of sp³-hybridized carbons (Fsp3) is 0.204. The second kappa shape index (κ2) is 20.9. The van der Waals surface area contributed by atoms with Crippen molar-refractivity contribution >= 4 is 73.7 Å². The Hall–Kier alpha value is -6.02. The number of hydrogen-bond donors (Lipinski definition) is 0. The van der Waals surface area contributed by atoms with E-state index in [2.05, 4.69) is 22.8 Å². The molecule has 0 N–H and O–H groups in total. The lowest BCUT2D eigenvalue weighted by atomic mass is 9.12. The summed E-state index contributed by atoms with van der Waals surface area (Å²) in [6.45, 7) is 0.658. The Morgan fingerprint density at radius 3 is 0.821 bits per heavy atom. The number of hydrogen-bond acceptors (Lipinski definition) is 0. The SMILES string of the molecule is ClC(Cl)(Cl)c1ccc2ccccc2[n+]1Cc1ccccc1.FC(F)(F)c1cc([B-](c2cc(C(F)(F)F)cc(C(F)(F)F)c2)(c2cc(C(F)(F)F)cc(C(F)(F)F)c2)c2cc(C(F)(F)F)cc(C(F)(F)F)c2)cc(C(F)(F)F)c1. The number of nitrogens with zero attached hydrogens (tertiary/aromatic N) is 1. The van der Waals surface area contributed by atoms with Crippen LogP contribution in [0.25, 0.3) is 10.9 Å². The minimum Gasteiger partial charge on any atom is -0.194 e. The van der Waals surface area contributed by atoms with Crippen molar-refractivity contribution in [3.05, 3.63) is 195 Å².